The quantitative estimate of drug-likeness (QED) is 0.142. The number of aromatic hydroxyl groups is 1. The number of phenolic OH excluding ortho intramolecular Hbond substituents is 1. The van der Waals surface area contributed by atoms with Crippen molar-refractivity contribution in [2.75, 3.05) is 0 Å². The van der Waals surface area contributed by atoms with Crippen LogP contribution >= 0.6 is 0 Å². The summed E-state index contributed by atoms with van der Waals surface area (Å²) in [7, 11) is 0. The number of rotatable bonds is 5. The number of aromatic nitrogens is 5. The fraction of sp³-hybridized carbons (Fsp3) is 0. The summed E-state index contributed by atoms with van der Waals surface area (Å²) in [5.41, 5.74) is 9.21. The molecular weight excluding hydrogens is 766 g/mol. The van der Waals surface area contributed by atoms with Gasteiger partial charge in [-0.05, 0) is 59.9 Å². The Balaban J connectivity index is 0.00000324. The Bertz CT molecular complexity index is 2550. The van der Waals surface area contributed by atoms with E-state index in [2.05, 4.69) is 46.3 Å². The molecule has 0 atom stereocenters. The summed E-state index contributed by atoms with van der Waals surface area (Å²) in [6.07, 6.45) is 8.96. The molecule has 4 aromatic heterocycles. The van der Waals surface area contributed by atoms with Gasteiger partial charge in [0.1, 0.15) is 22.5 Å². The van der Waals surface area contributed by atoms with Crippen molar-refractivity contribution in [3.63, 3.8) is 0 Å². The van der Waals surface area contributed by atoms with E-state index in [4.69, 9.17) is 9.40 Å². The number of pyridine rings is 1. The minimum absolute atomic E-state index is 0. The minimum atomic E-state index is 0. The molecule has 0 unspecified atom stereocenters. The van der Waals surface area contributed by atoms with Crippen LogP contribution in [0.5, 0.6) is 5.75 Å². The third-order valence-electron chi connectivity index (χ3n) is 8.23. The fourth-order valence-corrected chi connectivity index (χ4v) is 6.09. The van der Waals surface area contributed by atoms with Gasteiger partial charge in [0.25, 0.3) is 6.33 Å². The Hall–Kier alpha value is -5.78. The van der Waals surface area contributed by atoms with Gasteiger partial charge in [0, 0.05) is 17.5 Å². The summed E-state index contributed by atoms with van der Waals surface area (Å²) in [5, 5.41) is 11.7. The van der Waals surface area contributed by atoms with E-state index in [-0.39, 0.29) is 26.8 Å². The molecule has 0 saturated heterocycles. The molecule has 226 valence electrons. The Morgan fingerprint density at radius 2 is 1.45 bits per heavy atom. The van der Waals surface area contributed by atoms with Crippen molar-refractivity contribution in [2.45, 2.75) is 0 Å². The molecule has 9 rings (SSSR count). The third kappa shape index (κ3) is 4.75. The molecule has 0 amide bonds. The number of nitrogens with zero attached hydrogens (tertiary/aromatic N) is 5. The maximum atomic E-state index is 10.7. The van der Waals surface area contributed by atoms with Crippen molar-refractivity contribution in [1.29, 1.82) is 0 Å². The number of para-hydroxylation sites is 6. The van der Waals surface area contributed by atoms with Crippen LogP contribution in [0.25, 0.3) is 72.8 Å². The number of phenols is 1. The van der Waals surface area contributed by atoms with Crippen LogP contribution in [-0.4, -0.2) is 24.2 Å². The maximum Gasteiger partial charge on any atom is 2.00 e. The van der Waals surface area contributed by atoms with Gasteiger partial charge in [-0.15, -0.1) is 0 Å². The molecule has 0 fully saturated rings. The number of fused-ring (bicyclic) bond motifs is 3. The molecular formula is C39H24N5O2Pt+. The second-order valence-corrected chi connectivity index (χ2v) is 11.0. The van der Waals surface area contributed by atoms with Crippen molar-refractivity contribution in [1.82, 2.24) is 19.1 Å². The standard InChI is InChI=1S/C39H24N5O2.Pt/c45-37-20-9-8-19-35(37)44-25-43(33-17-6-7-18-34(33)44)32-16-5-4-15-31(32)42-24-28(29-14-10-11-21-40-29)27-22-38-30(23-36(27)42)41-39(46-38)26-12-2-1-3-13-26;/h1-23,45H;/q-1;+2. The number of benzene rings is 5. The molecule has 4 heterocycles. The predicted octanol–water partition coefficient (Wildman–Crippen LogP) is 8.02. The zero-order valence-corrected chi connectivity index (χ0v) is 27.0. The first-order chi connectivity index (χ1) is 22.7. The van der Waals surface area contributed by atoms with Crippen molar-refractivity contribution in [3.05, 3.63) is 152 Å². The summed E-state index contributed by atoms with van der Waals surface area (Å²) < 4.78 is 12.3. The molecule has 0 saturated carbocycles. The Labute approximate surface area is 283 Å². The first-order valence-corrected chi connectivity index (χ1v) is 14.9. The van der Waals surface area contributed by atoms with Gasteiger partial charge in [0.15, 0.2) is 0 Å². The zero-order valence-electron chi connectivity index (χ0n) is 24.7. The van der Waals surface area contributed by atoms with Crippen molar-refractivity contribution >= 4 is 33.0 Å². The first kappa shape index (κ1) is 28.7. The van der Waals surface area contributed by atoms with E-state index in [1.54, 1.807) is 12.3 Å². The average molecular weight is 790 g/mol. The molecule has 5 aromatic carbocycles. The minimum Gasteiger partial charge on any atom is -0.511 e. The van der Waals surface area contributed by atoms with Crippen molar-refractivity contribution in [2.24, 2.45) is 0 Å². The molecule has 0 aliphatic heterocycles. The summed E-state index contributed by atoms with van der Waals surface area (Å²) >= 11 is 0. The molecule has 9 aromatic rings. The van der Waals surface area contributed by atoms with E-state index in [0.29, 0.717) is 17.2 Å². The zero-order chi connectivity index (χ0) is 30.6. The molecule has 47 heavy (non-hydrogen) atoms. The maximum absolute atomic E-state index is 10.7. The van der Waals surface area contributed by atoms with Crippen LogP contribution in [0.4, 0.5) is 0 Å². The molecule has 0 bridgehead atoms. The molecule has 7 nitrogen and oxygen atoms in total. The van der Waals surface area contributed by atoms with E-state index < -0.39 is 0 Å². The van der Waals surface area contributed by atoms with E-state index in [1.165, 1.54) is 0 Å². The van der Waals surface area contributed by atoms with Gasteiger partial charge in [-0.2, -0.15) is 0 Å². The molecule has 0 aliphatic rings. The van der Waals surface area contributed by atoms with Gasteiger partial charge < -0.3 is 14.1 Å². The van der Waals surface area contributed by atoms with Gasteiger partial charge in [0.05, 0.1) is 16.7 Å². The largest absolute Gasteiger partial charge is 2.00 e. The van der Waals surface area contributed by atoms with Crippen LogP contribution in [0.15, 0.2) is 144 Å². The van der Waals surface area contributed by atoms with Crippen molar-refractivity contribution in [3.8, 4) is 45.5 Å². The van der Waals surface area contributed by atoms with Crippen LogP contribution in [0.3, 0.4) is 0 Å². The second-order valence-electron chi connectivity index (χ2n) is 11.0. The topological polar surface area (TPSA) is 72.9 Å². The molecule has 8 heteroatoms. The molecule has 0 radical (unpaired) electrons. The van der Waals surface area contributed by atoms with E-state index in [1.807, 2.05) is 112 Å². The normalized spacial score (nSPS) is 11.3. The van der Waals surface area contributed by atoms with E-state index in [0.717, 1.165) is 55.6 Å². The Morgan fingerprint density at radius 1 is 0.702 bits per heavy atom. The third-order valence-corrected chi connectivity index (χ3v) is 8.23. The smallest absolute Gasteiger partial charge is 0.511 e. The Morgan fingerprint density at radius 3 is 2.28 bits per heavy atom. The van der Waals surface area contributed by atoms with Crippen molar-refractivity contribution < 1.29 is 35.2 Å². The summed E-state index contributed by atoms with van der Waals surface area (Å²) in [6.45, 7) is 0. The number of imidazole rings is 1. The molecule has 0 spiro atoms. The van der Waals surface area contributed by atoms with Crippen LogP contribution in [-0.2, 0) is 21.1 Å². The van der Waals surface area contributed by atoms with Gasteiger partial charge >= 0.3 is 21.1 Å². The summed E-state index contributed by atoms with van der Waals surface area (Å²) in [4.78, 5) is 9.55. The summed E-state index contributed by atoms with van der Waals surface area (Å²) in [5.74, 6) is 0.747. The molecule has 1 N–H and O–H groups in total. The van der Waals surface area contributed by atoms with Gasteiger partial charge in [0.2, 0.25) is 5.89 Å². The first-order valence-electron chi connectivity index (χ1n) is 14.9. The van der Waals surface area contributed by atoms with E-state index in [9.17, 15) is 5.11 Å². The van der Waals surface area contributed by atoms with Gasteiger partial charge in [-0.25, -0.2) is 4.98 Å². The monoisotopic (exact) mass is 789 g/mol. The van der Waals surface area contributed by atoms with Gasteiger partial charge in [-0.3, -0.25) is 14.1 Å². The van der Waals surface area contributed by atoms with E-state index >= 15 is 0 Å². The predicted molar refractivity (Wildman–Crippen MR) is 177 cm³/mol. The number of hydrogen-bond acceptors (Lipinski definition) is 4. The van der Waals surface area contributed by atoms with Crippen LogP contribution in [0.2, 0.25) is 0 Å². The fourth-order valence-electron chi connectivity index (χ4n) is 6.09. The number of hydrogen-bond donors (Lipinski definition) is 1. The SMILES string of the molecule is Oc1ccccc1-n1[c-][n+](-c2ccccc2-n2[c-]c(-c3ccccn3)c3cc4oc(-c5ccccc5)nc4cc32)c2ccccc21.[Pt+2]. The second kappa shape index (κ2) is 11.5. The van der Waals surface area contributed by atoms with Crippen LogP contribution in [0, 0.1) is 12.5 Å². The molecule has 0 aliphatic carbocycles. The van der Waals surface area contributed by atoms with Crippen LogP contribution in [0.1, 0.15) is 0 Å². The number of oxazole rings is 1. The van der Waals surface area contributed by atoms with Crippen LogP contribution < -0.4 is 4.57 Å². The summed E-state index contributed by atoms with van der Waals surface area (Å²) in [6, 6.07) is 43.4. The Kier molecular flexibility index (Phi) is 7.04. The average Bonchev–Trinajstić information content (AvgIpc) is 3.82. The van der Waals surface area contributed by atoms with Gasteiger partial charge in [-0.1, -0.05) is 102 Å².